The number of benzene rings is 1. The minimum atomic E-state index is -3.25. The molecule has 0 fully saturated rings. The van der Waals surface area contributed by atoms with Crippen LogP contribution in [-0.2, 0) is 27.1 Å². The molecule has 112 valence electrons. The van der Waals surface area contributed by atoms with Crippen molar-refractivity contribution in [2.45, 2.75) is 32.6 Å². The van der Waals surface area contributed by atoms with Crippen LogP contribution < -0.4 is 10.0 Å². The first-order valence-electron chi connectivity index (χ1n) is 6.64. The van der Waals surface area contributed by atoms with Crippen molar-refractivity contribution >= 4 is 15.9 Å². The van der Waals surface area contributed by atoms with Crippen molar-refractivity contribution in [3.63, 3.8) is 0 Å². The Balaban J connectivity index is 2.57. The van der Waals surface area contributed by atoms with Gasteiger partial charge in [-0.25, -0.2) is 13.1 Å². The van der Waals surface area contributed by atoms with Crippen LogP contribution in [0.4, 0.5) is 0 Å². The Morgan fingerprint density at radius 2 is 1.75 bits per heavy atom. The van der Waals surface area contributed by atoms with Crippen molar-refractivity contribution in [2.75, 3.05) is 7.05 Å². The largest absolute Gasteiger partial charge is 0.352 e. The summed E-state index contributed by atoms with van der Waals surface area (Å²) in [6.45, 7) is 4.32. The molecule has 1 aromatic rings. The Morgan fingerprint density at radius 1 is 1.20 bits per heavy atom. The molecule has 0 aliphatic heterocycles. The lowest BCUT2D eigenvalue weighted by Gasteiger charge is -2.10. The van der Waals surface area contributed by atoms with Gasteiger partial charge in [0.2, 0.25) is 15.9 Å². The van der Waals surface area contributed by atoms with Crippen LogP contribution in [0.5, 0.6) is 0 Å². The highest BCUT2D eigenvalue weighted by Gasteiger charge is 2.10. The summed E-state index contributed by atoms with van der Waals surface area (Å²) in [7, 11) is -1.85. The van der Waals surface area contributed by atoms with Crippen molar-refractivity contribution in [3.05, 3.63) is 35.4 Å². The molecule has 0 aromatic heterocycles. The number of sulfonamides is 1. The van der Waals surface area contributed by atoms with E-state index in [-0.39, 0.29) is 17.6 Å². The Kier molecular flexibility index (Phi) is 6.16. The molecule has 5 nitrogen and oxygen atoms in total. The van der Waals surface area contributed by atoms with E-state index in [9.17, 15) is 13.2 Å². The Hall–Kier alpha value is -1.40. The van der Waals surface area contributed by atoms with Gasteiger partial charge in [0.15, 0.2) is 0 Å². The number of carbonyl (C=O) groups is 1. The monoisotopic (exact) mass is 298 g/mol. The van der Waals surface area contributed by atoms with E-state index in [1.165, 1.54) is 7.05 Å². The number of amides is 1. The van der Waals surface area contributed by atoms with Gasteiger partial charge in [-0.1, -0.05) is 38.1 Å². The summed E-state index contributed by atoms with van der Waals surface area (Å²) < 4.78 is 25.1. The summed E-state index contributed by atoms with van der Waals surface area (Å²) in [5.41, 5.74) is 1.67. The lowest BCUT2D eigenvalue weighted by molar-refractivity contribution is -0.124. The highest BCUT2D eigenvalue weighted by Crippen LogP contribution is 2.08. The average molecular weight is 298 g/mol. The molecule has 1 aromatic carbocycles. The second-order valence-electron chi connectivity index (χ2n) is 4.81. The fraction of sp³-hybridized carbons (Fsp3) is 0.500. The van der Waals surface area contributed by atoms with E-state index in [1.54, 1.807) is 12.1 Å². The fourth-order valence-corrected chi connectivity index (χ4v) is 2.37. The molecule has 0 aliphatic carbocycles. The van der Waals surface area contributed by atoms with Crippen molar-refractivity contribution in [1.82, 2.24) is 10.0 Å². The predicted octanol–water partition coefficient (Wildman–Crippen LogP) is 1.40. The molecule has 0 saturated heterocycles. The second kappa shape index (κ2) is 7.40. The number of hydrogen-bond donors (Lipinski definition) is 2. The molecule has 0 bridgehead atoms. The summed E-state index contributed by atoms with van der Waals surface area (Å²) in [5, 5.41) is 2.86. The molecule has 1 unspecified atom stereocenters. The van der Waals surface area contributed by atoms with E-state index in [0.29, 0.717) is 6.54 Å². The molecule has 0 spiro atoms. The molecule has 6 heteroatoms. The van der Waals surface area contributed by atoms with Crippen LogP contribution in [0.25, 0.3) is 0 Å². The van der Waals surface area contributed by atoms with Gasteiger partial charge in [0, 0.05) is 12.5 Å². The maximum Gasteiger partial charge on any atom is 0.223 e. The SMILES string of the molecule is CCC(C)C(=O)NCc1ccc(CS(=O)(=O)NC)cc1. The van der Waals surface area contributed by atoms with Gasteiger partial charge in [-0.05, 0) is 24.6 Å². The third kappa shape index (κ3) is 5.30. The van der Waals surface area contributed by atoms with Crippen LogP contribution >= 0.6 is 0 Å². The summed E-state index contributed by atoms with van der Waals surface area (Å²) in [6.07, 6.45) is 0.812. The van der Waals surface area contributed by atoms with Crippen LogP contribution in [-0.4, -0.2) is 21.4 Å². The number of nitrogens with one attached hydrogen (secondary N) is 2. The summed E-state index contributed by atoms with van der Waals surface area (Å²) in [6, 6.07) is 7.19. The van der Waals surface area contributed by atoms with Crippen molar-refractivity contribution in [2.24, 2.45) is 5.92 Å². The molecule has 0 radical (unpaired) electrons. The highest BCUT2D eigenvalue weighted by molar-refractivity contribution is 7.88. The number of rotatable bonds is 7. The van der Waals surface area contributed by atoms with Crippen LogP contribution in [0.15, 0.2) is 24.3 Å². The fourth-order valence-electron chi connectivity index (χ4n) is 1.59. The Morgan fingerprint density at radius 3 is 2.25 bits per heavy atom. The van der Waals surface area contributed by atoms with E-state index in [2.05, 4.69) is 10.0 Å². The van der Waals surface area contributed by atoms with E-state index in [4.69, 9.17) is 0 Å². The van der Waals surface area contributed by atoms with Crippen molar-refractivity contribution in [1.29, 1.82) is 0 Å². The normalized spacial score (nSPS) is 12.9. The topological polar surface area (TPSA) is 75.3 Å². The van der Waals surface area contributed by atoms with Crippen LogP contribution in [0.1, 0.15) is 31.4 Å². The molecule has 1 atom stereocenters. The molecule has 20 heavy (non-hydrogen) atoms. The van der Waals surface area contributed by atoms with Gasteiger partial charge >= 0.3 is 0 Å². The van der Waals surface area contributed by atoms with Gasteiger partial charge in [0.05, 0.1) is 5.75 Å². The lowest BCUT2D eigenvalue weighted by atomic mass is 10.1. The first kappa shape index (κ1) is 16.7. The van der Waals surface area contributed by atoms with Gasteiger partial charge in [0.1, 0.15) is 0 Å². The predicted molar refractivity (Wildman–Crippen MR) is 79.4 cm³/mol. The number of hydrogen-bond acceptors (Lipinski definition) is 3. The molecule has 2 N–H and O–H groups in total. The van der Waals surface area contributed by atoms with Gasteiger partial charge in [0.25, 0.3) is 0 Å². The molecular formula is C14H22N2O3S. The van der Waals surface area contributed by atoms with Crippen LogP contribution in [0, 0.1) is 5.92 Å². The van der Waals surface area contributed by atoms with E-state index in [1.807, 2.05) is 26.0 Å². The van der Waals surface area contributed by atoms with Gasteiger partial charge in [-0.15, -0.1) is 0 Å². The van der Waals surface area contributed by atoms with E-state index in [0.717, 1.165) is 17.5 Å². The first-order valence-corrected chi connectivity index (χ1v) is 8.30. The zero-order chi connectivity index (χ0) is 15.2. The quantitative estimate of drug-likeness (QED) is 0.799. The Bertz CT molecular complexity index is 538. The lowest BCUT2D eigenvalue weighted by Crippen LogP contribution is -2.28. The van der Waals surface area contributed by atoms with Crippen molar-refractivity contribution in [3.8, 4) is 0 Å². The molecule has 0 saturated carbocycles. The summed E-state index contributed by atoms with van der Waals surface area (Å²) >= 11 is 0. The minimum absolute atomic E-state index is 0.00930. The van der Waals surface area contributed by atoms with Gasteiger partial charge in [-0.2, -0.15) is 0 Å². The molecule has 0 heterocycles. The van der Waals surface area contributed by atoms with Gasteiger partial charge in [-0.3, -0.25) is 4.79 Å². The third-order valence-corrected chi connectivity index (χ3v) is 4.55. The minimum Gasteiger partial charge on any atom is -0.352 e. The summed E-state index contributed by atoms with van der Waals surface area (Å²) in [5.74, 6) is 0.00704. The van der Waals surface area contributed by atoms with E-state index >= 15 is 0 Å². The average Bonchev–Trinajstić information content (AvgIpc) is 2.45. The molecule has 1 rings (SSSR count). The highest BCUT2D eigenvalue weighted by atomic mass is 32.2. The zero-order valence-corrected chi connectivity index (χ0v) is 13.0. The zero-order valence-electron chi connectivity index (χ0n) is 12.1. The molecule has 1 amide bonds. The maximum atomic E-state index is 11.6. The Labute approximate surface area is 120 Å². The van der Waals surface area contributed by atoms with Crippen LogP contribution in [0.3, 0.4) is 0 Å². The maximum absolute atomic E-state index is 11.6. The van der Waals surface area contributed by atoms with E-state index < -0.39 is 10.0 Å². The molecular weight excluding hydrogens is 276 g/mol. The standard InChI is InChI=1S/C14H22N2O3S/c1-4-11(2)14(17)16-9-12-5-7-13(8-6-12)10-20(18,19)15-3/h5-8,11,15H,4,9-10H2,1-3H3,(H,16,17). The summed E-state index contributed by atoms with van der Waals surface area (Å²) in [4.78, 5) is 11.6. The first-order chi connectivity index (χ1) is 9.38. The smallest absolute Gasteiger partial charge is 0.223 e. The van der Waals surface area contributed by atoms with Crippen molar-refractivity contribution < 1.29 is 13.2 Å². The molecule has 0 aliphatic rings. The second-order valence-corrected chi connectivity index (χ2v) is 6.73. The number of carbonyl (C=O) groups excluding carboxylic acids is 1. The van der Waals surface area contributed by atoms with Gasteiger partial charge < -0.3 is 5.32 Å². The van der Waals surface area contributed by atoms with Crippen LogP contribution in [0.2, 0.25) is 0 Å². The third-order valence-electron chi connectivity index (χ3n) is 3.22.